The molecule has 0 radical (unpaired) electrons. The first-order valence-corrected chi connectivity index (χ1v) is 10.5. The van der Waals surface area contributed by atoms with Crippen molar-refractivity contribution in [1.29, 1.82) is 0 Å². The topological polar surface area (TPSA) is 53.9 Å². The largest absolute Gasteiger partial charge is 0.355 e. The molecule has 1 aliphatic rings. The molecule has 154 valence electrons. The predicted molar refractivity (Wildman–Crippen MR) is 115 cm³/mol. The lowest BCUT2D eigenvalue weighted by atomic mass is 9.90. The van der Waals surface area contributed by atoms with Gasteiger partial charge < -0.3 is 15.1 Å². The van der Waals surface area contributed by atoms with E-state index in [1.165, 1.54) is 5.56 Å². The second kappa shape index (κ2) is 10.2. The van der Waals surface area contributed by atoms with Gasteiger partial charge in [-0.2, -0.15) is 0 Å². The van der Waals surface area contributed by atoms with Crippen LogP contribution in [0.25, 0.3) is 0 Å². The molecule has 1 saturated heterocycles. The van der Waals surface area contributed by atoms with E-state index in [1.807, 2.05) is 36.2 Å². The summed E-state index contributed by atoms with van der Waals surface area (Å²) in [4.78, 5) is 27.5. The van der Waals surface area contributed by atoms with Crippen LogP contribution in [0.3, 0.4) is 0 Å². The van der Waals surface area contributed by atoms with Crippen LogP contribution in [0.1, 0.15) is 34.3 Å². The molecule has 3 rings (SSSR count). The number of likely N-dealkylation sites (N-methyl/N-ethyl adjacent to an activating group) is 1. The highest BCUT2D eigenvalue weighted by molar-refractivity contribution is 5.93. The Kier molecular flexibility index (Phi) is 7.42. The molecular formula is C24H32N3O2+. The number of carbonyl (C=O) groups is 2. The van der Waals surface area contributed by atoms with Gasteiger partial charge in [0.2, 0.25) is 0 Å². The van der Waals surface area contributed by atoms with Gasteiger partial charge in [-0.05, 0) is 42.9 Å². The molecule has 2 aromatic carbocycles. The maximum Gasteiger partial charge on any atom is 0.277 e. The maximum absolute atomic E-state index is 12.7. The van der Waals surface area contributed by atoms with Crippen LogP contribution in [0.15, 0.2) is 54.6 Å². The van der Waals surface area contributed by atoms with Gasteiger partial charge in [0.05, 0.1) is 7.05 Å². The zero-order chi connectivity index (χ0) is 20.6. The lowest BCUT2D eigenvalue weighted by Crippen LogP contribution is -3.08. The Morgan fingerprint density at radius 2 is 1.66 bits per heavy atom. The average molecular weight is 395 g/mol. The van der Waals surface area contributed by atoms with Gasteiger partial charge >= 0.3 is 0 Å². The van der Waals surface area contributed by atoms with Gasteiger partial charge in [0, 0.05) is 31.3 Å². The van der Waals surface area contributed by atoms with Crippen molar-refractivity contribution in [2.75, 3.05) is 33.7 Å². The number of carbonyl (C=O) groups excluding carboxylic acids is 2. The first kappa shape index (κ1) is 21.1. The van der Waals surface area contributed by atoms with Gasteiger partial charge in [0.25, 0.3) is 11.8 Å². The van der Waals surface area contributed by atoms with Gasteiger partial charge in [-0.3, -0.25) is 9.59 Å². The van der Waals surface area contributed by atoms with Crippen LogP contribution in [0.5, 0.6) is 0 Å². The van der Waals surface area contributed by atoms with E-state index in [1.54, 1.807) is 7.05 Å². The average Bonchev–Trinajstić information content (AvgIpc) is 2.75. The van der Waals surface area contributed by atoms with E-state index in [-0.39, 0.29) is 11.8 Å². The Morgan fingerprint density at radius 1 is 1.00 bits per heavy atom. The third kappa shape index (κ3) is 6.16. The fourth-order valence-corrected chi connectivity index (χ4v) is 4.03. The van der Waals surface area contributed by atoms with Crippen LogP contribution in [0.2, 0.25) is 0 Å². The smallest absolute Gasteiger partial charge is 0.277 e. The molecular weight excluding hydrogens is 362 g/mol. The molecule has 1 aliphatic heterocycles. The first-order valence-electron chi connectivity index (χ1n) is 10.5. The fraction of sp³-hybridized carbons (Fsp3) is 0.417. The molecule has 0 saturated carbocycles. The summed E-state index contributed by atoms with van der Waals surface area (Å²) in [6.07, 6.45) is 3.28. The lowest BCUT2D eigenvalue weighted by Gasteiger charge is -2.32. The number of rotatable bonds is 7. The molecule has 1 atom stereocenters. The highest BCUT2D eigenvalue weighted by atomic mass is 16.2. The second-order valence-electron chi connectivity index (χ2n) is 8.10. The van der Waals surface area contributed by atoms with Gasteiger partial charge in [0.1, 0.15) is 6.54 Å². The SMILES string of the molecule is CNC(=O)c1ccc(C[NH+](C)CC(=O)N2CCC(Cc3ccccc3)CC2)cc1. The summed E-state index contributed by atoms with van der Waals surface area (Å²) in [6.45, 7) is 3.00. The molecule has 1 heterocycles. The number of nitrogens with one attached hydrogen (secondary N) is 2. The van der Waals surface area contributed by atoms with Crippen molar-refractivity contribution in [2.45, 2.75) is 25.8 Å². The van der Waals surface area contributed by atoms with E-state index in [4.69, 9.17) is 0 Å². The van der Waals surface area contributed by atoms with E-state index < -0.39 is 0 Å². The third-order valence-corrected chi connectivity index (χ3v) is 5.74. The summed E-state index contributed by atoms with van der Waals surface area (Å²) in [5, 5.41) is 2.63. The summed E-state index contributed by atoms with van der Waals surface area (Å²) in [5.41, 5.74) is 3.18. The van der Waals surface area contributed by atoms with Crippen LogP contribution >= 0.6 is 0 Å². The highest BCUT2D eigenvalue weighted by Gasteiger charge is 2.24. The Morgan fingerprint density at radius 3 is 2.28 bits per heavy atom. The van der Waals surface area contributed by atoms with E-state index in [2.05, 4.69) is 35.6 Å². The highest BCUT2D eigenvalue weighted by Crippen LogP contribution is 2.21. The summed E-state index contributed by atoms with van der Waals surface area (Å²) >= 11 is 0. The molecule has 0 aliphatic carbocycles. The minimum Gasteiger partial charge on any atom is -0.355 e. The van der Waals surface area contributed by atoms with Crippen molar-refractivity contribution >= 4 is 11.8 Å². The van der Waals surface area contributed by atoms with Gasteiger partial charge in [-0.1, -0.05) is 42.5 Å². The van der Waals surface area contributed by atoms with Gasteiger partial charge in [-0.15, -0.1) is 0 Å². The quantitative estimate of drug-likeness (QED) is 0.749. The summed E-state index contributed by atoms with van der Waals surface area (Å²) in [5.74, 6) is 0.830. The molecule has 29 heavy (non-hydrogen) atoms. The molecule has 5 heteroatoms. The summed E-state index contributed by atoms with van der Waals surface area (Å²) < 4.78 is 0. The van der Waals surface area contributed by atoms with Gasteiger partial charge in [-0.25, -0.2) is 0 Å². The number of likely N-dealkylation sites (tertiary alicyclic amines) is 1. The number of benzene rings is 2. The van der Waals surface area contributed by atoms with Crippen LogP contribution in [0.4, 0.5) is 0 Å². The van der Waals surface area contributed by atoms with Crippen LogP contribution < -0.4 is 10.2 Å². The van der Waals surface area contributed by atoms with Gasteiger partial charge in [0.15, 0.2) is 6.54 Å². The number of amides is 2. The first-order chi connectivity index (χ1) is 14.0. The van der Waals surface area contributed by atoms with Crippen LogP contribution in [-0.4, -0.2) is 50.4 Å². The molecule has 1 fully saturated rings. The number of hydrogen-bond acceptors (Lipinski definition) is 2. The minimum atomic E-state index is -0.0805. The standard InChI is InChI=1S/C24H31N3O2/c1-25-24(29)22-10-8-21(9-11-22)17-26(2)18-23(28)27-14-12-20(13-15-27)16-19-6-4-3-5-7-19/h3-11,20H,12-18H2,1-2H3,(H,25,29)/p+1. The van der Waals surface area contributed by atoms with E-state index in [0.29, 0.717) is 18.0 Å². The van der Waals surface area contributed by atoms with E-state index in [0.717, 1.165) is 49.4 Å². The van der Waals surface area contributed by atoms with Crippen molar-refractivity contribution in [3.05, 3.63) is 71.3 Å². The van der Waals surface area contributed by atoms with Crippen molar-refractivity contribution in [3.8, 4) is 0 Å². The predicted octanol–water partition coefficient (Wildman–Crippen LogP) is 1.54. The maximum atomic E-state index is 12.7. The molecule has 2 N–H and O–H groups in total. The van der Waals surface area contributed by atoms with Crippen molar-refractivity contribution in [1.82, 2.24) is 10.2 Å². The van der Waals surface area contributed by atoms with Crippen molar-refractivity contribution < 1.29 is 14.5 Å². The molecule has 5 nitrogen and oxygen atoms in total. The molecule has 0 bridgehead atoms. The summed E-state index contributed by atoms with van der Waals surface area (Å²) in [6, 6.07) is 18.2. The van der Waals surface area contributed by atoms with Crippen molar-refractivity contribution in [3.63, 3.8) is 0 Å². The van der Waals surface area contributed by atoms with Crippen molar-refractivity contribution in [2.24, 2.45) is 5.92 Å². The van der Waals surface area contributed by atoms with E-state index in [9.17, 15) is 9.59 Å². The molecule has 2 amide bonds. The molecule has 0 aromatic heterocycles. The normalized spacial score (nSPS) is 15.7. The number of nitrogens with zero attached hydrogens (tertiary/aromatic N) is 1. The Balaban J connectivity index is 1.42. The Labute approximate surface area is 173 Å². The Bertz CT molecular complexity index is 797. The monoisotopic (exact) mass is 394 g/mol. The fourth-order valence-electron chi connectivity index (χ4n) is 4.03. The van der Waals surface area contributed by atoms with E-state index >= 15 is 0 Å². The zero-order valence-electron chi connectivity index (χ0n) is 17.5. The second-order valence-corrected chi connectivity index (χ2v) is 8.10. The third-order valence-electron chi connectivity index (χ3n) is 5.74. The molecule has 0 spiro atoms. The minimum absolute atomic E-state index is 0.0805. The molecule has 1 unspecified atom stereocenters. The lowest BCUT2D eigenvalue weighted by molar-refractivity contribution is -0.885. The number of hydrogen-bond donors (Lipinski definition) is 2. The van der Waals surface area contributed by atoms with Crippen LogP contribution in [0, 0.1) is 5.92 Å². The molecule has 2 aromatic rings. The number of piperidine rings is 1. The Hall–Kier alpha value is -2.66. The zero-order valence-corrected chi connectivity index (χ0v) is 17.5. The summed E-state index contributed by atoms with van der Waals surface area (Å²) in [7, 11) is 3.68. The number of quaternary nitrogens is 1. The van der Waals surface area contributed by atoms with Crippen LogP contribution in [-0.2, 0) is 17.8 Å².